The van der Waals surface area contributed by atoms with Crippen LogP contribution in [0.25, 0.3) is 0 Å². The van der Waals surface area contributed by atoms with E-state index in [2.05, 4.69) is 0 Å². The monoisotopic (exact) mass is 252 g/mol. The summed E-state index contributed by atoms with van der Waals surface area (Å²) in [6.45, 7) is 3.92. The van der Waals surface area contributed by atoms with Gasteiger partial charge in [0.15, 0.2) is 0 Å². The molecule has 4 heteroatoms. The van der Waals surface area contributed by atoms with Crippen molar-refractivity contribution in [2.24, 2.45) is 0 Å². The molecule has 0 radical (unpaired) electrons. The van der Waals surface area contributed by atoms with Gasteiger partial charge >= 0.3 is 0 Å². The number of allylic oxidation sites excluding steroid dienone is 1. The maximum Gasteiger partial charge on any atom is 0.203 e. The Labute approximate surface area is 102 Å². The van der Waals surface area contributed by atoms with Crippen molar-refractivity contribution in [1.82, 2.24) is 0 Å². The number of hydrogen-bond donors (Lipinski definition) is 0. The summed E-state index contributed by atoms with van der Waals surface area (Å²) in [4.78, 5) is 0.306. The molecule has 1 heterocycles. The third-order valence-electron chi connectivity index (χ3n) is 2.74. The Hall–Kier alpha value is -1.29. The molecule has 1 saturated heterocycles. The third-order valence-corrected chi connectivity index (χ3v) is 4.24. The Bertz CT molecular complexity index is 527. The lowest BCUT2D eigenvalue weighted by Gasteiger charge is -2.16. The Morgan fingerprint density at radius 1 is 1.24 bits per heavy atom. The van der Waals surface area contributed by atoms with Crippen LogP contribution in [0, 0.1) is 0 Å². The van der Waals surface area contributed by atoms with Gasteiger partial charge in [-0.15, -0.1) is 0 Å². The van der Waals surface area contributed by atoms with E-state index in [4.69, 9.17) is 4.74 Å². The van der Waals surface area contributed by atoms with E-state index in [1.807, 2.05) is 13.8 Å². The predicted molar refractivity (Wildman–Crippen MR) is 66.1 cm³/mol. The molecular formula is C13H16O3S. The van der Waals surface area contributed by atoms with Crippen molar-refractivity contribution in [1.29, 1.82) is 0 Å². The lowest BCUT2D eigenvalue weighted by molar-refractivity contribution is 0.0770. The van der Waals surface area contributed by atoms with Crippen LogP contribution in [0.2, 0.25) is 0 Å². The zero-order valence-corrected chi connectivity index (χ0v) is 10.8. The number of benzene rings is 1. The average molecular weight is 252 g/mol. The molecule has 0 saturated carbocycles. The maximum atomic E-state index is 12.0. The van der Waals surface area contributed by atoms with Crippen LogP contribution in [0.4, 0.5) is 0 Å². The molecular weight excluding hydrogens is 236 g/mol. The molecule has 17 heavy (non-hydrogen) atoms. The fraction of sp³-hybridized carbons (Fsp3) is 0.385. The fourth-order valence-electron chi connectivity index (χ4n) is 1.82. The summed E-state index contributed by atoms with van der Waals surface area (Å²) in [6.07, 6.45) is 1.53. The van der Waals surface area contributed by atoms with Crippen molar-refractivity contribution in [3.05, 3.63) is 41.5 Å². The van der Waals surface area contributed by atoms with E-state index in [0.717, 1.165) is 6.42 Å². The molecule has 1 fully saturated rings. The molecule has 0 N–H and O–H groups in total. The van der Waals surface area contributed by atoms with Gasteiger partial charge in [0.05, 0.1) is 10.3 Å². The molecule has 0 aromatic heterocycles. The Balaban J connectivity index is 2.28. The molecule has 0 unspecified atom stereocenters. The van der Waals surface area contributed by atoms with E-state index >= 15 is 0 Å². The van der Waals surface area contributed by atoms with E-state index in [1.54, 1.807) is 30.3 Å². The van der Waals surface area contributed by atoms with Gasteiger partial charge in [-0.25, -0.2) is 8.42 Å². The van der Waals surface area contributed by atoms with Crippen LogP contribution in [0.3, 0.4) is 0 Å². The molecule has 2 rings (SSSR count). The zero-order valence-electron chi connectivity index (χ0n) is 10.0. The summed E-state index contributed by atoms with van der Waals surface area (Å²) in [5, 5.41) is 1.25. The number of ether oxygens (including phenoxy) is 1. The molecule has 1 aliphatic heterocycles. The standard InChI is InChI=1S/C13H16O3S/c1-13(2)9-8-11(16-13)10-17(14,15)12-6-4-3-5-7-12/h3-7,10H,8-9H2,1-2H3. The molecule has 0 aliphatic carbocycles. The number of hydrogen-bond acceptors (Lipinski definition) is 3. The van der Waals surface area contributed by atoms with Crippen LogP contribution in [0.1, 0.15) is 26.7 Å². The van der Waals surface area contributed by atoms with Crippen LogP contribution in [0.15, 0.2) is 46.4 Å². The van der Waals surface area contributed by atoms with Gasteiger partial charge in [-0.1, -0.05) is 18.2 Å². The van der Waals surface area contributed by atoms with Crippen LogP contribution >= 0.6 is 0 Å². The summed E-state index contributed by atoms with van der Waals surface area (Å²) in [5.74, 6) is 0.554. The highest BCUT2D eigenvalue weighted by molar-refractivity contribution is 7.94. The van der Waals surface area contributed by atoms with Crippen LogP contribution in [-0.2, 0) is 14.6 Å². The Kier molecular flexibility index (Phi) is 3.00. The van der Waals surface area contributed by atoms with Gasteiger partial charge in [0.1, 0.15) is 11.4 Å². The lowest BCUT2D eigenvalue weighted by atomic mass is 10.1. The van der Waals surface area contributed by atoms with Gasteiger partial charge in [0.2, 0.25) is 9.84 Å². The van der Waals surface area contributed by atoms with Crippen molar-refractivity contribution in [2.75, 3.05) is 0 Å². The molecule has 0 amide bonds. The van der Waals surface area contributed by atoms with Crippen molar-refractivity contribution in [2.45, 2.75) is 37.2 Å². The van der Waals surface area contributed by atoms with E-state index in [9.17, 15) is 8.42 Å². The molecule has 0 bridgehead atoms. The minimum atomic E-state index is -3.38. The lowest BCUT2D eigenvalue weighted by Crippen LogP contribution is -2.15. The summed E-state index contributed by atoms with van der Waals surface area (Å²) in [7, 11) is -3.38. The van der Waals surface area contributed by atoms with E-state index < -0.39 is 9.84 Å². The molecule has 1 aromatic carbocycles. The van der Waals surface area contributed by atoms with Gasteiger partial charge in [0.25, 0.3) is 0 Å². The van der Waals surface area contributed by atoms with Crippen LogP contribution in [0.5, 0.6) is 0 Å². The predicted octanol–water partition coefficient (Wildman–Crippen LogP) is 2.89. The molecule has 1 aromatic rings. The molecule has 0 atom stereocenters. The molecule has 3 nitrogen and oxygen atoms in total. The first-order valence-electron chi connectivity index (χ1n) is 5.59. The SMILES string of the molecule is CC1(C)CCC(=CS(=O)(=O)c2ccccc2)O1. The van der Waals surface area contributed by atoms with Crippen LogP contribution in [-0.4, -0.2) is 14.0 Å². The van der Waals surface area contributed by atoms with Gasteiger partial charge in [-0.3, -0.25) is 0 Å². The highest BCUT2D eigenvalue weighted by atomic mass is 32.2. The van der Waals surface area contributed by atoms with Crippen molar-refractivity contribution < 1.29 is 13.2 Å². The second-order valence-electron chi connectivity index (χ2n) is 4.80. The highest BCUT2D eigenvalue weighted by Gasteiger charge is 2.29. The average Bonchev–Trinajstić information content (AvgIpc) is 2.58. The highest BCUT2D eigenvalue weighted by Crippen LogP contribution is 2.33. The second-order valence-corrected chi connectivity index (χ2v) is 6.60. The fourth-order valence-corrected chi connectivity index (χ4v) is 3.00. The van der Waals surface area contributed by atoms with Gasteiger partial charge in [-0.2, -0.15) is 0 Å². The second kappa shape index (κ2) is 4.18. The van der Waals surface area contributed by atoms with Crippen LogP contribution < -0.4 is 0 Å². The van der Waals surface area contributed by atoms with Gasteiger partial charge < -0.3 is 4.74 Å². The van der Waals surface area contributed by atoms with E-state index in [0.29, 0.717) is 17.1 Å². The Morgan fingerprint density at radius 3 is 2.41 bits per heavy atom. The zero-order chi connectivity index (χ0) is 12.5. The van der Waals surface area contributed by atoms with Crippen molar-refractivity contribution >= 4 is 9.84 Å². The topological polar surface area (TPSA) is 43.4 Å². The van der Waals surface area contributed by atoms with E-state index in [1.165, 1.54) is 5.41 Å². The minimum Gasteiger partial charge on any atom is -0.491 e. The third kappa shape index (κ3) is 2.88. The van der Waals surface area contributed by atoms with Gasteiger partial charge in [-0.05, 0) is 32.4 Å². The number of rotatable bonds is 2. The summed E-state index contributed by atoms with van der Waals surface area (Å²) < 4.78 is 29.7. The molecule has 92 valence electrons. The first kappa shape index (κ1) is 12.2. The Morgan fingerprint density at radius 2 is 1.88 bits per heavy atom. The van der Waals surface area contributed by atoms with E-state index in [-0.39, 0.29) is 5.60 Å². The summed E-state index contributed by atoms with van der Waals surface area (Å²) in [5.41, 5.74) is -0.252. The van der Waals surface area contributed by atoms with Gasteiger partial charge in [0, 0.05) is 6.42 Å². The molecule has 1 aliphatic rings. The van der Waals surface area contributed by atoms with Crippen molar-refractivity contribution in [3.8, 4) is 0 Å². The first-order valence-corrected chi connectivity index (χ1v) is 7.13. The minimum absolute atomic E-state index is 0.252. The largest absolute Gasteiger partial charge is 0.491 e. The number of sulfone groups is 1. The first-order chi connectivity index (χ1) is 7.89. The molecule has 0 spiro atoms. The summed E-state index contributed by atoms with van der Waals surface area (Å²) in [6, 6.07) is 8.40. The van der Waals surface area contributed by atoms with Crippen molar-refractivity contribution in [3.63, 3.8) is 0 Å². The quantitative estimate of drug-likeness (QED) is 0.813. The smallest absolute Gasteiger partial charge is 0.203 e. The summed E-state index contributed by atoms with van der Waals surface area (Å²) >= 11 is 0. The maximum absolute atomic E-state index is 12.0. The normalized spacial score (nSPS) is 21.4.